The molecule has 2 aromatic heterocycles. The van der Waals surface area contributed by atoms with Gasteiger partial charge in [-0.3, -0.25) is 14.8 Å². The van der Waals surface area contributed by atoms with Crippen molar-refractivity contribution in [1.82, 2.24) is 19.6 Å². The molecule has 0 aromatic carbocycles. The van der Waals surface area contributed by atoms with Gasteiger partial charge in [0.25, 0.3) is 0 Å². The number of carbonyl (C=O) groups excluding carboxylic acids is 1. The summed E-state index contributed by atoms with van der Waals surface area (Å²) in [6.45, 7) is 0.165. The summed E-state index contributed by atoms with van der Waals surface area (Å²) in [5.74, 6) is -0.372. The molecule has 1 amide bonds. The number of nitrogens with one attached hydrogen (secondary N) is 1. The van der Waals surface area contributed by atoms with Crippen LogP contribution in [0.3, 0.4) is 0 Å². The molecule has 0 unspecified atom stereocenters. The topological polar surface area (TPSA) is 92.3 Å². The lowest BCUT2D eigenvalue weighted by molar-refractivity contribution is -0.121. The highest BCUT2D eigenvalue weighted by atomic mass is 32.2. The third-order valence-corrected chi connectivity index (χ3v) is 4.28. The maximum Gasteiger partial charge on any atom is 0.235 e. The van der Waals surface area contributed by atoms with Crippen molar-refractivity contribution < 1.29 is 13.2 Å². The zero-order valence-corrected chi connectivity index (χ0v) is 13.5. The molecule has 1 N–H and O–H groups in total. The van der Waals surface area contributed by atoms with Gasteiger partial charge in [-0.25, -0.2) is 8.42 Å². The van der Waals surface area contributed by atoms with Crippen LogP contribution in [0.15, 0.2) is 49.1 Å². The van der Waals surface area contributed by atoms with E-state index < -0.39 is 10.0 Å². The first-order valence-electron chi connectivity index (χ1n) is 6.95. The molecule has 0 aliphatic carbocycles. The van der Waals surface area contributed by atoms with Crippen LogP contribution >= 0.6 is 0 Å². The summed E-state index contributed by atoms with van der Waals surface area (Å²) in [5.41, 5.74) is 1.57. The molecule has 0 radical (unpaired) electrons. The zero-order valence-electron chi connectivity index (χ0n) is 12.7. The van der Waals surface area contributed by atoms with Crippen molar-refractivity contribution in [1.29, 1.82) is 0 Å². The number of hydrogen-bond acceptors (Lipinski definition) is 5. The average Bonchev–Trinajstić information content (AvgIpc) is 2.53. The largest absolute Gasteiger partial charge is 0.351 e. The highest BCUT2D eigenvalue weighted by molar-refractivity contribution is 7.88. The summed E-state index contributed by atoms with van der Waals surface area (Å²) in [6.07, 6.45) is 7.55. The second-order valence-electron chi connectivity index (χ2n) is 5.03. The van der Waals surface area contributed by atoms with Gasteiger partial charge in [0.15, 0.2) is 0 Å². The molecule has 0 saturated heterocycles. The Morgan fingerprint density at radius 2 is 1.74 bits per heavy atom. The minimum absolute atomic E-state index is 0.104. The van der Waals surface area contributed by atoms with Crippen LogP contribution in [0.5, 0.6) is 0 Å². The SMILES string of the molecule is CS(=O)(=O)N(CC(=O)NCc1cccnc1)Cc1cccnc1. The standard InChI is InChI=1S/C15H18N4O3S/c1-23(21,22)19(11-14-5-3-7-17-9-14)12-15(20)18-10-13-4-2-6-16-8-13/h2-9H,10-12H2,1H3,(H,18,20). The Kier molecular flexibility index (Phi) is 5.78. The van der Waals surface area contributed by atoms with Gasteiger partial charge in [-0.15, -0.1) is 0 Å². The van der Waals surface area contributed by atoms with Gasteiger partial charge in [-0.2, -0.15) is 4.31 Å². The van der Waals surface area contributed by atoms with E-state index in [1.807, 2.05) is 6.07 Å². The molecule has 2 rings (SSSR count). The van der Waals surface area contributed by atoms with Gasteiger partial charge in [0.05, 0.1) is 12.8 Å². The minimum Gasteiger partial charge on any atom is -0.351 e. The van der Waals surface area contributed by atoms with Crippen LogP contribution < -0.4 is 5.32 Å². The van der Waals surface area contributed by atoms with Crippen molar-refractivity contribution in [2.45, 2.75) is 13.1 Å². The molecule has 8 heteroatoms. The Labute approximate surface area is 135 Å². The van der Waals surface area contributed by atoms with Crippen molar-refractivity contribution in [3.05, 3.63) is 60.2 Å². The number of sulfonamides is 1. The van der Waals surface area contributed by atoms with Gasteiger partial charge < -0.3 is 5.32 Å². The van der Waals surface area contributed by atoms with Gasteiger partial charge in [0, 0.05) is 37.9 Å². The predicted molar refractivity (Wildman–Crippen MR) is 85.6 cm³/mol. The summed E-state index contributed by atoms with van der Waals surface area (Å²) in [4.78, 5) is 19.9. The molecule has 0 aliphatic heterocycles. The van der Waals surface area contributed by atoms with Gasteiger partial charge in [-0.05, 0) is 23.3 Å². The maximum absolute atomic E-state index is 12.0. The van der Waals surface area contributed by atoms with Crippen molar-refractivity contribution in [2.24, 2.45) is 0 Å². The van der Waals surface area contributed by atoms with E-state index in [-0.39, 0.29) is 19.0 Å². The molecule has 2 heterocycles. The molecule has 7 nitrogen and oxygen atoms in total. The van der Waals surface area contributed by atoms with Crippen LogP contribution in [-0.2, 0) is 27.9 Å². The molecule has 2 aromatic rings. The van der Waals surface area contributed by atoms with E-state index in [1.54, 1.807) is 43.0 Å². The fraction of sp³-hybridized carbons (Fsp3) is 0.267. The Bertz CT molecular complexity index is 736. The third-order valence-electron chi connectivity index (χ3n) is 3.08. The monoisotopic (exact) mass is 334 g/mol. The smallest absolute Gasteiger partial charge is 0.235 e. The van der Waals surface area contributed by atoms with Gasteiger partial charge in [0.1, 0.15) is 0 Å². The summed E-state index contributed by atoms with van der Waals surface area (Å²) in [5, 5.41) is 2.69. The summed E-state index contributed by atoms with van der Waals surface area (Å²) in [7, 11) is -3.51. The first-order chi connectivity index (χ1) is 10.9. The number of hydrogen-bond donors (Lipinski definition) is 1. The van der Waals surface area contributed by atoms with Crippen molar-refractivity contribution in [3.8, 4) is 0 Å². The maximum atomic E-state index is 12.0. The Balaban J connectivity index is 1.96. The lowest BCUT2D eigenvalue weighted by atomic mass is 10.3. The molecule has 0 spiro atoms. The van der Waals surface area contributed by atoms with E-state index in [9.17, 15) is 13.2 Å². The fourth-order valence-electron chi connectivity index (χ4n) is 1.91. The number of pyridine rings is 2. The number of carbonyl (C=O) groups is 1. The summed E-state index contributed by atoms with van der Waals surface area (Å²) < 4.78 is 24.8. The first-order valence-corrected chi connectivity index (χ1v) is 8.79. The molecule has 122 valence electrons. The third kappa shape index (κ3) is 5.76. The molecular formula is C15H18N4O3S. The van der Waals surface area contributed by atoms with Crippen LogP contribution in [0.4, 0.5) is 0 Å². The Morgan fingerprint density at radius 1 is 1.13 bits per heavy atom. The van der Waals surface area contributed by atoms with E-state index in [0.29, 0.717) is 6.54 Å². The highest BCUT2D eigenvalue weighted by Crippen LogP contribution is 2.07. The van der Waals surface area contributed by atoms with Crippen molar-refractivity contribution in [3.63, 3.8) is 0 Å². The molecule has 0 saturated carbocycles. The fourth-order valence-corrected chi connectivity index (χ4v) is 2.64. The zero-order chi connectivity index (χ0) is 16.7. The number of nitrogens with zero attached hydrogens (tertiary/aromatic N) is 3. The average molecular weight is 334 g/mol. The Morgan fingerprint density at radius 3 is 2.26 bits per heavy atom. The van der Waals surface area contributed by atoms with Crippen LogP contribution in [0.25, 0.3) is 0 Å². The normalized spacial score (nSPS) is 11.4. The molecular weight excluding hydrogens is 316 g/mol. The summed E-state index contributed by atoms with van der Waals surface area (Å²) >= 11 is 0. The van der Waals surface area contributed by atoms with Crippen LogP contribution in [0, 0.1) is 0 Å². The Hall–Kier alpha value is -2.32. The lowest BCUT2D eigenvalue weighted by Gasteiger charge is -2.19. The van der Waals surface area contributed by atoms with Crippen LogP contribution in [0.1, 0.15) is 11.1 Å². The minimum atomic E-state index is -3.51. The lowest BCUT2D eigenvalue weighted by Crippen LogP contribution is -2.39. The quantitative estimate of drug-likeness (QED) is 0.798. The molecule has 0 bridgehead atoms. The number of amides is 1. The molecule has 23 heavy (non-hydrogen) atoms. The molecule has 0 aliphatic rings. The second kappa shape index (κ2) is 7.80. The highest BCUT2D eigenvalue weighted by Gasteiger charge is 2.20. The van der Waals surface area contributed by atoms with E-state index >= 15 is 0 Å². The number of rotatable bonds is 7. The van der Waals surface area contributed by atoms with E-state index in [1.165, 1.54) is 0 Å². The summed E-state index contributed by atoms with van der Waals surface area (Å²) in [6, 6.07) is 7.08. The van der Waals surface area contributed by atoms with E-state index in [2.05, 4.69) is 15.3 Å². The van der Waals surface area contributed by atoms with Crippen molar-refractivity contribution in [2.75, 3.05) is 12.8 Å². The molecule has 0 atom stereocenters. The first kappa shape index (κ1) is 17.0. The second-order valence-corrected chi connectivity index (χ2v) is 7.01. The van der Waals surface area contributed by atoms with Gasteiger partial charge in [-0.1, -0.05) is 12.1 Å². The van der Waals surface area contributed by atoms with E-state index in [0.717, 1.165) is 21.7 Å². The van der Waals surface area contributed by atoms with Gasteiger partial charge in [0.2, 0.25) is 15.9 Å². The van der Waals surface area contributed by atoms with Crippen LogP contribution in [0.2, 0.25) is 0 Å². The van der Waals surface area contributed by atoms with E-state index in [4.69, 9.17) is 0 Å². The van der Waals surface area contributed by atoms with Crippen molar-refractivity contribution >= 4 is 15.9 Å². The molecule has 0 fully saturated rings. The van der Waals surface area contributed by atoms with Gasteiger partial charge >= 0.3 is 0 Å². The number of aromatic nitrogens is 2. The van der Waals surface area contributed by atoms with Crippen LogP contribution in [-0.4, -0.2) is 41.4 Å². The predicted octanol–water partition coefficient (Wildman–Crippen LogP) is 0.555.